The molecule has 0 spiro atoms. The lowest BCUT2D eigenvalue weighted by molar-refractivity contribution is 0.102. The number of carbonyl (C=O) groups is 1. The lowest BCUT2D eigenvalue weighted by atomic mass is 10.2. The second kappa shape index (κ2) is 5.77. The molecule has 0 atom stereocenters. The van der Waals surface area contributed by atoms with Crippen molar-refractivity contribution in [1.82, 2.24) is 9.97 Å². The molecule has 0 fully saturated rings. The van der Waals surface area contributed by atoms with Gasteiger partial charge in [0.1, 0.15) is 0 Å². The number of carbonyl (C=O) groups excluding carboxylic acids is 1. The van der Waals surface area contributed by atoms with E-state index >= 15 is 0 Å². The fourth-order valence-electron chi connectivity index (χ4n) is 1.54. The molecule has 2 heterocycles. The third kappa shape index (κ3) is 3.27. The number of hydrogen-bond acceptors (Lipinski definition) is 5. The minimum Gasteiger partial charge on any atom is -0.323 e. The van der Waals surface area contributed by atoms with E-state index in [4.69, 9.17) is 5.84 Å². The van der Waals surface area contributed by atoms with Gasteiger partial charge in [0.25, 0.3) is 5.91 Å². The number of aryl methyl sites for hydroxylation is 1. The fraction of sp³-hybridized carbons (Fsp3) is 0.0833. The van der Waals surface area contributed by atoms with Crippen LogP contribution in [0.15, 0.2) is 35.2 Å². The first-order valence-electron chi connectivity index (χ1n) is 5.45. The van der Waals surface area contributed by atoms with Crippen molar-refractivity contribution in [3.8, 4) is 0 Å². The molecule has 7 heteroatoms. The molecule has 0 aliphatic rings. The van der Waals surface area contributed by atoms with Crippen LogP contribution in [0.3, 0.4) is 0 Å². The second-order valence-corrected chi connectivity index (χ2v) is 4.78. The Kier molecular flexibility index (Phi) is 4.08. The number of nitrogen functional groups attached to an aromatic ring is 1. The Labute approximate surface area is 118 Å². The molecule has 2 rings (SSSR count). The van der Waals surface area contributed by atoms with Crippen LogP contribution in [0.2, 0.25) is 0 Å². The van der Waals surface area contributed by atoms with E-state index in [1.54, 1.807) is 24.5 Å². The number of rotatable bonds is 3. The van der Waals surface area contributed by atoms with Crippen LogP contribution in [0.25, 0.3) is 0 Å². The summed E-state index contributed by atoms with van der Waals surface area (Å²) >= 11 is 3.29. The van der Waals surface area contributed by atoms with E-state index in [0.717, 1.165) is 10.2 Å². The molecule has 2 aromatic heterocycles. The van der Waals surface area contributed by atoms with Gasteiger partial charge in [0.15, 0.2) is 0 Å². The summed E-state index contributed by atoms with van der Waals surface area (Å²) in [6.07, 6.45) is 4.67. The average Bonchev–Trinajstić information content (AvgIpc) is 2.38. The van der Waals surface area contributed by atoms with E-state index in [1.807, 2.05) is 6.92 Å². The van der Waals surface area contributed by atoms with Crippen molar-refractivity contribution in [3.05, 3.63) is 46.5 Å². The lowest BCUT2D eigenvalue weighted by Gasteiger charge is -2.10. The summed E-state index contributed by atoms with van der Waals surface area (Å²) < 4.78 is 0.782. The molecule has 0 saturated heterocycles. The number of hydrazine groups is 1. The number of nitrogens with zero attached hydrogens (tertiary/aromatic N) is 2. The SMILES string of the molecule is Cc1cc(NN)c(C(=O)Nc2cncc(Br)c2)cn1. The van der Waals surface area contributed by atoms with Crippen molar-refractivity contribution < 1.29 is 4.79 Å². The zero-order chi connectivity index (χ0) is 13.8. The predicted octanol–water partition coefficient (Wildman–Crippen LogP) is 2.09. The normalized spacial score (nSPS) is 10.1. The predicted molar refractivity (Wildman–Crippen MR) is 76.7 cm³/mol. The standard InChI is InChI=1S/C12H12BrN5O/c1-7-2-11(18-14)10(6-16-7)12(19)17-9-3-8(13)4-15-5-9/h2-6H,14H2,1H3,(H,16,18)(H,17,19). The van der Waals surface area contributed by atoms with Crippen LogP contribution < -0.4 is 16.6 Å². The van der Waals surface area contributed by atoms with Crippen LogP contribution in [-0.4, -0.2) is 15.9 Å². The fourth-order valence-corrected chi connectivity index (χ4v) is 1.90. The van der Waals surface area contributed by atoms with E-state index < -0.39 is 0 Å². The number of anilines is 2. The zero-order valence-electron chi connectivity index (χ0n) is 10.1. The van der Waals surface area contributed by atoms with Gasteiger partial charge in [0.2, 0.25) is 0 Å². The molecule has 0 radical (unpaired) electrons. The van der Waals surface area contributed by atoms with Crippen molar-refractivity contribution in [2.45, 2.75) is 6.92 Å². The molecular formula is C12H12BrN5O. The number of pyridine rings is 2. The molecule has 4 N–H and O–H groups in total. The highest BCUT2D eigenvalue weighted by Crippen LogP contribution is 2.18. The Hall–Kier alpha value is -1.99. The van der Waals surface area contributed by atoms with Gasteiger partial charge >= 0.3 is 0 Å². The number of hydrogen-bond donors (Lipinski definition) is 3. The van der Waals surface area contributed by atoms with Crippen molar-refractivity contribution in [3.63, 3.8) is 0 Å². The molecule has 0 aliphatic carbocycles. The molecule has 19 heavy (non-hydrogen) atoms. The number of amides is 1. The largest absolute Gasteiger partial charge is 0.323 e. The highest BCUT2D eigenvalue weighted by molar-refractivity contribution is 9.10. The summed E-state index contributed by atoms with van der Waals surface area (Å²) in [6.45, 7) is 1.82. The van der Waals surface area contributed by atoms with E-state index in [1.165, 1.54) is 6.20 Å². The van der Waals surface area contributed by atoms with Crippen LogP contribution in [0, 0.1) is 6.92 Å². The molecule has 0 unspecified atom stereocenters. The van der Waals surface area contributed by atoms with Gasteiger partial charge < -0.3 is 10.7 Å². The lowest BCUT2D eigenvalue weighted by Crippen LogP contribution is -2.18. The Morgan fingerprint density at radius 3 is 2.79 bits per heavy atom. The third-order valence-electron chi connectivity index (χ3n) is 2.40. The van der Waals surface area contributed by atoms with Crippen LogP contribution >= 0.6 is 15.9 Å². The van der Waals surface area contributed by atoms with E-state index in [-0.39, 0.29) is 5.91 Å². The van der Waals surface area contributed by atoms with Gasteiger partial charge in [0.05, 0.1) is 23.1 Å². The molecule has 0 bridgehead atoms. The molecule has 0 aliphatic heterocycles. The molecule has 98 valence electrons. The Bertz CT molecular complexity index is 617. The minimum absolute atomic E-state index is 0.305. The maximum Gasteiger partial charge on any atom is 0.259 e. The summed E-state index contributed by atoms with van der Waals surface area (Å²) in [5, 5.41) is 2.73. The monoisotopic (exact) mass is 321 g/mol. The molecule has 0 saturated carbocycles. The van der Waals surface area contributed by atoms with Gasteiger partial charge in [-0.2, -0.15) is 0 Å². The van der Waals surface area contributed by atoms with Crippen molar-refractivity contribution >= 4 is 33.2 Å². The maximum atomic E-state index is 12.1. The third-order valence-corrected chi connectivity index (χ3v) is 2.84. The molecule has 0 aromatic carbocycles. The van der Waals surface area contributed by atoms with Crippen LogP contribution in [0.5, 0.6) is 0 Å². The smallest absolute Gasteiger partial charge is 0.259 e. The summed E-state index contributed by atoms with van der Waals surface area (Å²) in [5.41, 5.74) is 4.74. The second-order valence-electron chi connectivity index (χ2n) is 3.86. The van der Waals surface area contributed by atoms with Gasteiger partial charge in [-0.15, -0.1) is 0 Å². The first-order valence-corrected chi connectivity index (χ1v) is 6.24. The Balaban J connectivity index is 2.25. The highest BCUT2D eigenvalue weighted by Gasteiger charge is 2.12. The van der Waals surface area contributed by atoms with Gasteiger partial charge in [-0.1, -0.05) is 0 Å². The maximum absolute atomic E-state index is 12.1. The number of nitrogens with two attached hydrogens (primary N) is 1. The number of halogens is 1. The van der Waals surface area contributed by atoms with Crippen LogP contribution in [-0.2, 0) is 0 Å². The first kappa shape index (κ1) is 13.4. The summed E-state index contributed by atoms with van der Waals surface area (Å²) in [5.74, 6) is 5.09. The average molecular weight is 322 g/mol. The summed E-state index contributed by atoms with van der Waals surface area (Å²) in [6, 6.07) is 3.45. The Morgan fingerprint density at radius 2 is 2.11 bits per heavy atom. The Morgan fingerprint density at radius 1 is 1.32 bits per heavy atom. The van der Waals surface area contributed by atoms with Crippen molar-refractivity contribution in [1.29, 1.82) is 0 Å². The molecule has 6 nitrogen and oxygen atoms in total. The van der Waals surface area contributed by atoms with Gasteiger partial charge in [-0.25, -0.2) is 0 Å². The van der Waals surface area contributed by atoms with Crippen LogP contribution in [0.4, 0.5) is 11.4 Å². The van der Waals surface area contributed by atoms with Crippen LogP contribution in [0.1, 0.15) is 16.1 Å². The quantitative estimate of drug-likeness (QED) is 0.594. The highest BCUT2D eigenvalue weighted by atomic mass is 79.9. The number of aromatic nitrogens is 2. The molecule has 1 amide bonds. The van der Waals surface area contributed by atoms with Gasteiger partial charge in [0, 0.05) is 22.6 Å². The molecule has 2 aromatic rings. The molecular weight excluding hydrogens is 310 g/mol. The van der Waals surface area contributed by atoms with Gasteiger partial charge in [-0.05, 0) is 35.0 Å². The van der Waals surface area contributed by atoms with E-state index in [9.17, 15) is 4.79 Å². The first-order chi connectivity index (χ1) is 9.10. The summed E-state index contributed by atoms with van der Waals surface area (Å²) in [7, 11) is 0. The van der Waals surface area contributed by atoms with E-state index in [2.05, 4.69) is 36.6 Å². The topological polar surface area (TPSA) is 92.9 Å². The number of nitrogens with one attached hydrogen (secondary N) is 2. The van der Waals surface area contributed by atoms with Crippen molar-refractivity contribution in [2.24, 2.45) is 5.84 Å². The van der Waals surface area contributed by atoms with Gasteiger partial charge in [-0.3, -0.25) is 20.6 Å². The zero-order valence-corrected chi connectivity index (χ0v) is 11.7. The van der Waals surface area contributed by atoms with Crippen molar-refractivity contribution in [2.75, 3.05) is 10.7 Å². The minimum atomic E-state index is -0.305. The van der Waals surface area contributed by atoms with E-state index in [0.29, 0.717) is 16.9 Å². The summed E-state index contributed by atoms with van der Waals surface area (Å²) in [4.78, 5) is 20.2.